The van der Waals surface area contributed by atoms with Gasteiger partial charge in [-0.15, -0.1) is 0 Å². The number of aryl methyl sites for hydroxylation is 1. The predicted octanol–water partition coefficient (Wildman–Crippen LogP) is 3.90. The molecule has 2 aromatic carbocycles. The average molecular weight is 378 g/mol. The highest BCUT2D eigenvalue weighted by Crippen LogP contribution is 2.26. The van der Waals surface area contributed by atoms with E-state index in [1.165, 1.54) is 12.1 Å². The van der Waals surface area contributed by atoms with Crippen molar-refractivity contribution in [2.75, 3.05) is 5.32 Å². The third-order valence-corrected chi connectivity index (χ3v) is 4.91. The predicted molar refractivity (Wildman–Crippen MR) is 97.8 cm³/mol. The Morgan fingerprint density at radius 1 is 1.32 bits per heavy atom. The molecular weight excluding hydrogens is 366 g/mol. The van der Waals surface area contributed by atoms with Gasteiger partial charge in [0.2, 0.25) is 0 Å². The van der Waals surface area contributed by atoms with E-state index in [1.807, 2.05) is 6.92 Å². The average Bonchev–Trinajstić information content (AvgIpc) is 2.89. The van der Waals surface area contributed by atoms with Gasteiger partial charge in [-0.05, 0) is 37.3 Å². The van der Waals surface area contributed by atoms with Crippen molar-refractivity contribution < 1.29 is 9.72 Å². The summed E-state index contributed by atoms with van der Waals surface area (Å²) in [7, 11) is 0. The Bertz CT molecular complexity index is 1060. The first-order valence-corrected chi connectivity index (χ1v) is 8.49. The first kappa shape index (κ1) is 17.1. The lowest BCUT2D eigenvalue weighted by Crippen LogP contribution is -2.12. The van der Waals surface area contributed by atoms with Crippen LogP contribution in [0.5, 0.6) is 0 Å². The van der Waals surface area contributed by atoms with E-state index in [0.717, 1.165) is 27.6 Å². The SMILES string of the molecule is CCn1c(=O)sc2cc(NC(=O)c3ccc(Cl)c([N+](=O)[O-])c3)ccc21. The van der Waals surface area contributed by atoms with Gasteiger partial charge < -0.3 is 5.32 Å². The quantitative estimate of drug-likeness (QED) is 0.551. The molecule has 1 N–H and O–H groups in total. The summed E-state index contributed by atoms with van der Waals surface area (Å²) in [4.78, 5) is 34.4. The first-order chi connectivity index (χ1) is 11.9. The number of carbonyl (C=O) groups is 1. The lowest BCUT2D eigenvalue weighted by Gasteiger charge is -2.06. The summed E-state index contributed by atoms with van der Waals surface area (Å²) >= 11 is 6.85. The minimum Gasteiger partial charge on any atom is -0.322 e. The molecule has 7 nitrogen and oxygen atoms in total. The normalized spacial score (nSPS) is 10.8. The lowest BCUT2D eigenvalue weighted by atomic mass is 10.2. The number of halogens is 1. The third-order valence-electron chi connectivity index (χ3n) is 3.65. The molecule has 25 heavy (non-hydrogen) atoms. The Balaban J connectivity index is 1.91. The molecule has 0 radical (unpaired) electrons. The van der Waals surface area contributed by atoms with Gasteiger partial charge in [-0.1, -0.05) is 22.9 Å². The van der Waals surface area contributed by atoms with Crippen LogP contribution in [0, 0.1) is 10.1 Å². The van der Waals surface area contributed by atoms with Crippen molar-refractivity contribution in [3.63, 3.8) is 0 Å². The van der Waals surface area contributed by atoms with Gasteiger partial charge in [-0.3, -0.25) is 24.3 Å². The molecule has 3 aromatic rings. The molecule has 9 heteroatoms. The topological polar surface area (TPSA) is 94.2 Å². The second kappa shape index (κ2) is 6.66. The zero-order valence-electron chi connectivity index (χ0n) is 13.0. The fourth-order valence-corrected chi connectivity index (χ4v) is 3.62. The van der Waals surface area contributed by atoms with Crippen LogP contribution in [0.15, 0.2) is 41.2 Å². The number of hydrogen-bond acceptors (Lipinski definition) is 5. The summed E-state index contributed by atoms with van der Waals surface area (Å²) in [5, 5.41) is 13.6. The van der Waals surface area contributed by atoms with Crippen LogP contribution in [0.4, 0.5) is 11.4 Å². The summed E-state index contributed by atoms with van der Waals surface area (Å²) < 4.78 is 2.40. The molecule has 1 amide bonds. The van der Waals surface area contributed by atoms with Crippen molar-refractivity contribution in [2.45, 2.75) is 13.5 Å². The van der Waals surface area contributed by atoms with Gasteiger partial charge >= 0.3 is 4.87 Å². The van der Waals surface area contributed by atoms with E-state index in [0.29, 0.717) is 12.2 Å². The molecular formula is C16H12ClN3O4S. The fraction of sp³-hybridized carbons (Fsp3) is 0.125. The van der Waals surface area contributed by atoms with Crippen molar-refractivity contribution in [3.8, 4) is 0 Å². The number of nitro groups is 1. The van der Waals surface area contributed by atoms with Crippen LogP contribution < -0.4 is 10.2 Å². The molecule has 0 aliphatic heterocycles. The molecule has 0 atom stereocenters. The Morgan fingerprint density at radius 3 is 2.76 bits per heavy atom. The second-order valence-electron chi connectivity index (χ2n) is 5.17. The largest absolute Gasteiger partial charge is 0.322 e. The number of fused-ring (bicyclic) bond motifs is 1. The molecule has 128 valence electrons. The van der Waals surface area contributed by atoms with Crippen LogP contribution in [-0.4, -0.2) is 15.4 Å². The Kier molecular flexibility index (Phi) is 4.56. The number of aromatic nitrogens is 1. The minimum atomic E-state index is -0.643. The molecule has 0 saturated carbocycles. The molecule has 0 aliphatic carbocycles. The Labute approximate surface area is 150 Å². The molecule has 0 bridgehead atoms. The van der Waals surface area contributed by atoms with E-state index in [2.05, 4.69) is 5.32 Å². The van der Waals surface area contributed by atoms with Gasteiger partial charge in [0.15, 0.2) is 0 Å². The Hall–Kier alpha value is -2.71. The summed E-state index contributed by atoms with van der Waals surface area (Å²) in [6, 6.07) is 9.00. The third kappa shape index (κ3) is 3.26. The second-order valence-corrected chi connectivity index (χ2v) is 6.57. The monoisotopic (exact) mass is 377 g/mol. The van der Waals surface area contributed by atoms with Gasteiger partial charge in [-0.2, -0.15) is 0 Å². The molecule has 3 rings (SSSR count). The smallest absolute Gasteiger partial charge is 0.308 e. The van der Waals surface area contributed by atoms with E-state index < -0.39 is 10.8 Å². The van der Waals surface area contributed by atoms with Gasteiger partial charge in [0.25, 0.3) is 11.6 Å². The molecule has 1 heterocycles. The van der Waals surface area contributed by atoms with Gasteiger partial charge in [0.05, 0.1) is 15.1 Å². The number of rotatable bonds is 4. The highest BCUT2D eigenvalue weighted by atomic mass is 35.5. The van der Waals surface area contributed by atoms with Crippen molar-refractivity contribution in [3.05, 3.63) is 66.8 Å². The zero-order chi connectivity index (χ0) is 18.1. The maximum Gasteiger partial charge on any atom is 0.308 e. The Morgan fingerprint density at radius 2 is 2.08 bits per heavy atom. The van der Waals surface area contributed by atoms with E-state index in [-0.39, 0.29) is 21.1 Å². The lowest BCUT2D eigenvalue weighted by molar-refractivity contribution is -0.384. The number of anilines is 1. The molecule has 1 aromatic heterocycles. The highest BCUT2D eigenvalue weighted by Gasteiger charge is 2.16. The molecule has 0 fully saturated rings. The number of benzene rings is 2. The number of carbonyl (C=O) groups excluding carboxylic acids is 1. The highest BCUT2D eigenvalue weighted by molar-refractivity contribution is 7.16. The molecule has 0 unspecified atom stereocenters. The zero-order valence-corrected chi connectivity index (χ0v) is 14.6. The fourth-order valence-electron chi connectivity index (χ4n) is 2.44. The summed E-state index contributed by atoms with van der Waals surface area (Å²) in [6.45, 7) is 2.45. The first-order valence-electron chi connectivity index (χ1n) is 7.29. The van der Waals surface area contributed by atoms with Crippen LogP contribution in [0.2, 0.25) is 5.02 Å². The van der Waals surface area contributed by atoms with Crippen LogP contribution in [-0.2, 0) is 6.54 Å². The van der Waals surface area contributed by atoms with E-state index in [9.17, 15) is 19.7 Å². The number of nitrogens with zero attached hydrogens (tertiary/aromatic N) is 2. The number of amides is 1. The van der Waals surface area contributed by atoms with Crippen molar-refractivity contribution in [2.24, 2.45) is 0 Å². The van der Waals surface area contributed by atoms with Crippen molar-refractivity contribution in [1.29, 1.82) is 0 Å². The summed E-state index contributed by atoms with van der Waals surface area (Å²) in [5.74, 6) is -0.499. The van der Waals surface area contributed by atoms with Crippen LogP contribution >= 0.6 is 22.9 Å². The maximum atomic E-state index is 12.3. The van der Waals surface area contributed by atoms with Crippen LogP contribution in [0.1, 0.15) is 17.3 Å². The summed E-state index contributed by atoms with van der Waals surface area (Å²) in [6.07, 6.45) is 0. The van der Waals surface area contributed by atoms with Crippen LogP contribution in [0.3, 0.4) is 0 Å². The van der Waals surface area contributed by atoms with Crippen molar-refractivity contribution >= 4 is 50.4 Å². The number of thiazole rings is 1. The number of nitro benzene ring substituents is 1. The molecule has 0 spiro atoms. The van der Waals surface area contributed by atoms with Crippen LogP contribution in [0.25, 0.3) is 10.2 Å². The number of hydrogen-bond donors (Lipinski definition) is 1. The standard InChI is InChI=1S/C16H12ClN3O4S/c1-2-19-12-6-4-10(8-14(12)25-16(19)22)18-15(21)9-3-5-11(17)13(7-9)20(23)24/h3-8H,2H2,1H3,(H,18,21). The van der Waals surface area contributed by atoms with E-state index >= 15 is 0 Å². The van der Waals surface area contributed by atoms with Gasteiger partial charge in [0, 0.05) is 23.9 Å². The number of nitrogens with one attached hydrogen (secondary N) is 1. The molecule has 0 aliphatic rings. The van der Waals surface area contributed by atoms with Gasteiger partial charge in [-0.25, -0.2) is 0 Å². The molecule has 0 saturated heterocycles. The summed E-state index contributed by atoms with van der Waals surface area (Å²) in [5.41, 5.74) is 1.09. The van der Waals surface area contributed by atoms with E-state index in [4.69, 9.17) is 11.6 Å². The van der Waals surface area contributed by atoms with E-state index in [1.54, 1.807) is 22.8 Å². The van der Waals surface area contributed by atoms with Gasteiger partial charge in [0.1, 0.15) is 5.02 Å². The minimum absolute atomic E-state index is 0.0337. The maximum absolute atomic E-state index is 12.3. The van der Waals surface area contributed by atoms with Crippen molar-refractivity contribution in [1.82, 2.24) is 4.57 Å².